The summed E-state index contributed by atoms with van der Waals surface area (Å²) in [6, 6.07) is 1.92. The summed E-state index contributed by atoms with van der Waals surface area (Å²) < 4.78 is 0. The van der Waals surface area contributed by atoms with Crippen LogP contribution in [0.5, 0.6) is 0 Å². The Morgan fingerprint density at radius 2 is 2.43 bits per heavy atom. The highest BCUT2D eigenvalue weighted by molar-refractivity contribution is 5.96. The maximum absolute atomic E-state index is 8.09. The minimum absolute atomic E-state index is 0.558. The highest BCUT2D eigenvalue weighted by atomic mass is 14.7. The van der Waals surface area contributed by atoms with Gasteiger partial charge in [-0.15, -0.1) is 0 Å². The van der Waals surface area contributed by atoms with Gasteiger partial charge in [0.2, 0.25) is 0 Å². The van der Waals surface area contributed by atoms with Gasteiger partial charge in [-0.05, 0) is 13.8 Å². The molecule has 2 nitrogen and oxygen atoms in total. The molecular weight excluding hydrogens is 88.1 g/mol. The predicted octanol–water partition coefficient (Wildman–Crippen LogP) is 0.991. The van der Waals surface area contributed by atoms with E-state index in [-0.39, 0.29) is 0 Å². The molecule has 0 fully saturated rings. The molecule has 0 unspecified atom stereocenters. The van der Waals surface area contributed by atoms with Crippen LogP contribution in [0.2, 0.25) is 0 Å². The topological polar surface area (TPSA) is 36.1 Å². The number of hydrogen-bond acceptors (Lipinski definition) is 2. The third kappa shape index (κ3) is 2.98. The van der Waals surface area contributed by atoms with Crippen LogP contribution in [-0.4, -0.2) is 12.3 Å². The summed E-state index contributed by atoms with van der Waals surface area (Å²) in [4.78, 5) is 3.80. The standard InChI is InChI=1S/C5H8N2/c1-3-7-5(2)4-6/h3H2,1-2H3. The molecule has 0 spiro atoms. The van der Waals surface area contributed by atoms with Gasteiger partial charge in [-0.3, -0.25) is 4.99 Å². The molecule has 0 aromatic carbocycles. The molecule has 0 atom stereocenters. The molecule has 0 rings (SSSR count). The fourth-order valence-corrected chi connectivity index (χ4v) is 0.273. The fourth-order valence-electron chi connectivity index (χ4n) is 0.273. The van der Waals surface area contributed by atoms with Crippen molar-refractivity contribution in [1.29, 1.82) is 5.26 Å². The zero-order valence-corrected chi connectivity index (χ0v) is 4.60. The Bertz CT molecular complexity index is 108. The van der Waals surface area contributed by atoms with Crippen LogP contribution in [0.1, 0.15) is 13.8 Å². The Morgan fingerprint density at radius 3 is 2.57 bits per heavy atom. The van der Waals surface area contributed by atoms with Gasteiger partial charge in [-0.25, -0.2) is 0 Å². The van der Waals surface area contributed by atoms with Crippen LogP contribution in [0.4, 0.5) is 0 Å². The van der Waals surface area contributed by atoms with E-state index in [1.807, 2.05) is 13.0 Å². The summed E-state index contributed by atoms with van der Waals surface area (Å²) in [5.41, 5.74) is 0.558. The van der Waals surface area contributed by atoms with Crippen molar-refractivity contribution in [1.82, 2.24) is 0 Å². The summed E-state index contributed by atoms with van der Waals surface area (Å²) in [6.07, 6.45) is 0. The first-order chi connectivity index (χ1) is 3.31. The number of nitrogens with zero attached hydrogens (tertiary/aromatic N) is 2. The average Bonchev–Trinajstić information content (AvgIpc) is 1.68. The van der Waals surface area contributed by atoms with E-state index >= 15 is 0 Å². The Balaban J connectivity index is 3.57. The van der Waals surface area contributed by atoms with E-state index in [0.717, 1.165) is 0 Å². The summed E-state index contributed by atoms with van der Waals surface area (Å²) in [6.45, 7) is 4.31. The molecule has 38 valence electrons. The van der Waals surface area contributed by atoms with Crippen molar-refractivity contribution in [2.75, 3.05) is 6.54 Å². The van der Waals surface area contributed by atoms with Crippen molar-refractivity contribution in [2.24, 2.45) is 4.99 Å². The van der Waals surface area contributed by atoms with E-state index in [4.69, 9.17) is 5.26 Å². The van der Waals surface area contributed by atoms with Crippen molar-refractivity contribution >= 4 is 5.71 Å². The largest absolute Gasteiger partial charge is 0.279 e. The Morgan fingerprint density at radius 1 is 1.86 bits per heavy atom. The lowest BCUT2D eigenvalue weighted by molar-refractivity contribution is 1.13. The van der Waals surface area contributed by atoms with Gasteiger partial charge >= 0.3 is 0 Å². The normalized spacial score (nSPS) is 10.7. The molecule has 0 aliphatic carbocycles. The van der Waals surface area contributed by atoms with Crippen LogP contribution in [-0.2, 0) is 0 Å². The Labute approximate surface area is 43.5 Å². The van der Waals surface area contributed by atoms with Crippen LogP contribution < -0.4 is 0 Å². The maximum atomic E-state index is 8.09. The highest BCUT2D eigenvalue weighted by Crippen LogP contribution is 1.71. The zero-order valence-electron chi connectivity index (χ0n) is 4.60. The lowest BCUT2D eigenvalue weighted by atomic mass is 10.5. The maximum Gasteiger partial charge on any atom is 0.114 e. The number of hydrogen-bond donors (Lipinski definition) is 0. The van der Waals surface area contributed by atoms with Crippen LogP contribution in [0, 0.1) is 11.3 Å². The number of nitriles is 1. The van der Waals surface area contributed by atoms with E-state index in [0.29, 0.717) is 12.3 Å². The molecule has 0 saturated heterocycles. The van der Waals surface area contributed by atoms with E-state index < -0.39 is 0 Å². The van der Waals surface area contributed by atoms with Crippen LogP contribution in [0.15, 0.2) is 4.99 Å². The average molecular weight is 96.1 g/mol. The monoisotopic (exact) mass is 96.1 g/mol. The molecule has 0 aliphatic heterocycles. The van der Waals surface area contributed by atoms with E-state index in [9.17, 15) is 0 Å². The molecule has 0 N–H and O–H groups in total. The molecule has 0 aromatic rings. The van der Waals surface area contributed by atoms with Crippen molar-refractivity contribution < 1.29 is 0 Å². The van der Waals surface area contributed by atoms with Gasteiger partial charge in [0.25, 0.3) is 0 Å². The lowest BCUT2D eigenvalue weighted by Gasteiger charge is -1.78. The summed E-state index contributed by atoms with van der Waals surface area (Å²) in [5, 5.41) is 8.09. The Kier molecular flexibility index (Phi) is 2.95. The van der Waals surface area contributed by atoms with Gasteiger partial charge in [0.1, 0.15) is 11.8 Å². The second-order valence-corrected chi connectivity index (χ2v) is 1.17. The molecule has 0 amide bonds. The summed E-state index contributed by atoms with van der Waals surface area (Å²) in [5.74, 6) is 0. The second kappa shape index (κ2) is 3.35. The Hall–Kier alpha value is -0.840. The third-order valence-corrected chi connectivity index (χ3v) is 0.557. The van der Waals surface area contributed by atoms with Crippen molar-refractivity contribution in [2.45, 2.75) is 13.8 Å². The molecule has 0 saturated carbocycles. The van der Waals surface area contributed by atoms with E-state index in [1.54, 1.807) is 6.92 Å². The molecule has 0 bridgehead atoms. The van der Waals surface area contributed by atoms with Crippen LogP contribution >= 0.6 is 0 Å². The van der Waals surface area contributed by atoms with Crippen molar-refractivity contribution in [3.05, 3.63) is 0 Å². The van der Waals surface area contributed by atoms with E-state index in [1.165, 1.54) is 0 Å². The van der Waals surface area contributed by atoms with Gasteiger partial charge in [0.05, 0.1) is 0 Å². The first kappa shape index (κ1) is 6.16. The molecule has 0 aliphatic rings. The van der Waals surface area contributed by atoms with Gasteiger partial charge in [0, 0.05) is 6.54 Å². The van der Waals surface area contributed by atoms with Gasteiger partial charge in [0.15, 0.2) is 0 Å². The highest BCUT2D eigenvalue weighted by Gasteiger charge is 1.77. The third-order valence-electron chi connectivity index (χ3n) is 0.557. The van der Waals surface area contributed by atoms with Gasteiger partial charge in [-0.2, -0.15) is 5.26 Å². The SMILES string of the molecule is CCN=C(C)C#N. The lowest BCUT2D eigenvalue weighted by Crippen LogP contribution is -1.83. The second-order valence-electron chi connectivity index (χ2n) is 1.17. The van der Waals surface area contributed by atoms with Crippen LogP contribution in [0.3, 0.4) is 0 Å². The quantitative estimate of drug-likeness (QED) is 0.448. The number of rotatable bonds is 1. The first-order valence-electron chi connectivity index (χ1n) is 2.22. The first-order valence-corrected chi connectivity index (χ1v) is 2.22. The van der Waals surface area contributed by atoms with Crippen molar-refractivity contribution in [3.8, 4) is 6.07 Å². The molecule has 7 heavy (non-hydrogen) atoms. The van der Waals surface area contributed by atoms with Gasteiger partial charge in [-0.1, -0.05) is 0 Å². The summed E-state index contributed by atoms with van der Waals surface area (Å²) >= 11 is 0. The van der Waals surface area contributed by atoms with Crippen molar-refractivity contribution in [3.63, 3.8) is 0 Å². The molecule has 2 heteroatoms. The molecule has 0 heterocycles. The van der Waals surface area contributed by atoms with Crippen LogP contribution in [0.25, 0.3) is 0 Å². The van der Waals surface area contributed by atoms with Gasteiger partial charge < -0.3 is 0 Å². The zero-order chi connectivity index (χ0) is 5.70. The summed E-state index contributed by atoms with van der Waals surface area (Å²) in [7, 11) is 0. The fraction of sp³-hybridized carbons (Fsp3) is 0.600. The number of aliphatic imine (C=N–C) groups is 1. The molecule has 0 aromatic heterocycles. The minimum Gasteiger partial charge on any atom is -0.279 e. The molecule has 0 radical (unpaired) electrons. The molecular formula is C5H8N2. The smallest absolute Gasteiger partial charge is 0.114 e. The van der Waals surface area contributed by atoms with E-state index in [2.05, 4.69) is 4.99 Å². The minimum atomic E-state index is 0.558. The predicted molar refractivity (Wildman–Crippen MR) is 29.3 cm³/mol.